The second kappa shape index (κ2) is 9.27. The Balaban J connectivity index is 1.52. The number of aryl methyl sites for hydroxylation is 1. The number of carbonyl (C=O) groups excluding carboxylic acids is 1. The Hall–Kier alpha value is -3.29. The normalized spacial score (nSPS) is 10.8. The topological polar surface area (TPSA) is 68.5 Å². The highest BCUT2D eigenvalue weighted by molar-refractivity contribution is 5.94. The third-order valence-electron chi connectivity index (χ3n) is 4.40. The first-order chi connectivity index (χ1) is 14.0. The molecule has 0 aliphatic heterocycles. The second-order valence-electron chi connectivity index (χ2n) is 6.46. The van der Waals surface area contributed by atoms with Gasteiger partial charge in [-0.25, -0.2) is 8.78 Å². The lowest BCUT2D eigenvalue weighted by Crippen LogP contribution is -2.30. The second-order valence-corrected chi connectivity index (χ2v) is 6.46. The predicted octanol–water partition coefficient (Wildman–Crippen LogP) is 3.80. The van der Waals surface area contributed by atoms with Crippen LogP contribution in [-0.2, 0) is 19.4 Å². The fraction of sp³-hybridized carbons (Fsp3) is 0.286. The maximum Gasteiger partial charge on any atom is 0.264 e. The summed E-state index contributed by atoms with van der Waals surface area (Å²) >= 11 is 0. The molecule has 0 saturated carbocycles. The van der Waals surface area contributed by atoms with E-state index < -0.39 is 23.1 Å². The molecule has 0 saturated heterocycles. The quantitative estimate of drug-likeness (QED) is 0.574. The van der Waals surface area contributed by atoms with Crippen molar-refractivity contribution in [2.75, 3.05) is 13.6 Å². The van der Waals surface area contributed by atoms with Gasteiger partial charge in [-0.15, -0.1) is 0 Å². The third-order valence-corrected chi connectivity index (χ3v) is 4.40. The number of ether oxygens (including phenoxy) is 1. The van der Waals surface area contributed by atoms with Crippen LogP contribution in [0.1, 0.15) is 34.6 Å². The largest absolute Gasteiger partial charge is 0.484 e. The summed E-state index contributed by atoms with van der Waals surface area (Å²) in [5, 5.41) is 3.84. The van der Waals surface area contributed by atoms with Crippen LogP contribution in [0, 0.1) is 11.6 Å². The number of hydrogen-bond donors (Lipinski definition) is 0. The number of aromatic nitrogens is 2. The van der Waals surface area contributed by atoms with Crippen LogP contribution in [0.3, 0.4) is 0 Å². The van der Waals surface area contributed by atoms with E-state index >= 15 is 0 Å². The molecule has 6 nitrogen and oxygen atoms in total. The van der Waals surface area contributed by atoms with Crippen molar-refractivity contribution in [3.63, 3.8) is 0 Å². The Bertz CT molecular complexity index is 953. The van der Waals surface area contributed by atoms with Crippen LogP contribution < -0.4 is 4.74 Å². The molecule has 0 atom stereocenters. The summed E-state index contributed by atoms with van der Waals surface area (Å²) in [5.74, 6) is -1.17. The molecule has 0 fully saturated rings. The highest BCUT2D eigenvalue weighted by atomic mass is 19.1. The summed E-state index contributed by atoms with van der Waals surface area (Å²) < 4.78 is 38.3. The van der Waals surface area contributed by atoms with Gasteiger partial charge >= 0.3 is 0 Å². The lowest BCUT2D eigenvalue weighted by atomic mass is 10.1. The fourth-order valence-corrected chi connectivity index (χ4v) is 2.68. The minimum Gasteiger partial charge on any atom is -0.484 e. The monoisotopic (exact) mass is 401 g/mol. The zero-order valence-corrected chi connectivity index (χ0v) is 16.2. The van der Waals surface area contributed by atoms with Crippen molar-refractivity contribution in [1.29, 1.82) is 0 Å². The van der Waals surface area contributed by atoms with E-state index in [1.807, 2.05) is 24.3 Å². The van der Waals surface area contributed by atoms with Crippen molar-refractivity contribution < 1.29 is 22.8 Å². The molecule has 8 heteroatoms. The van der Waals surface area contributed by atoms with Gasteiger partial charge in [0.05, 0.1) is 0 Å². The molecule has 0 aliphatic carbocycles. The van der Waals surface area contributed by atoms with Crippen molar-refractivity contribution in [3.8, 4) is 5.75 Å². The first-order valence-corrected chi connectivity index (χ1v) is 9.20. The minimum absolute atomic E-state index is 0.119. The van der Waals surface area contributed by atoms with Crippen LogP contribution in [0.5, 0.6) is 5.75 Å². The fourth-order valence-electron chi connectivity index (χ4n) is 2.68. The third kappa shape index (κ3) is 5.16. The number of benzene rings is 2. The van der Waals surface area contributed by atoms with Crippen LogP contribution >= 0.6 is 0 Å². The molecule has 3 rings (SSSR count). The zero-order valence-electron chi connectivity index (χ0n) is 16.2. The van der Waals surface area contributed by atoms with E-state index in [0.29, 0.717) is 17.5 Å². The van der Waals surface area contributed by atoms with Crippen molar-refractivity contribution >= 4 is 5.91 Å². The van der Waals surface area contributed by atoms with Gasteiger partial charge in [-0.1, -0.05) is 30.3 Å². The molecule has 2 aromatic carbocycles. The molecule has 0 spiro atoms. The number of rotatable bonds is 8. The average Bonchev–Trinajstić information content (AvgIpc) is 3.18. The van der Waals surface area contributed by atoms with Gasteiger partial charge in [0.15, 0.2) is 12.4 Å². The molecule has 0 aliphatic rings. The Kier molecular flexibility index (Phi) is 6.54. The first-order valence-electron chi connectivity index (χ1n) is 9.20. The summed E-state index contributed by atoms with van der Waals surface area (Å²) in [6.07, 6.45) is 1.22. The molecule has 1 aromatic heterocycles. The van der Waals surface area contributed by atoms with Crippen LogP contribution in [0.2, 0.25) is 0 Å². The maximum absolute atomic E-state index is 13.8. The van der Waals surface area contributed by atoms with Crippen molar-refractivity contribution in [2.24, 2.45) is 0 Å². The molecule has 1 heterocycles. The van der Waals surface area contributed by atoms with E-state index in [9.17, 15) is 13.6 Å². The molecule has 152 valence electrons. The number of carbonyl (C=O) groups is 1. The van der Waals surface area contributed by atoms with Gasteiger partial charge in [-0.3, -0.25) is 4.79 Å². The van der Waals surface area contributed by atoms with E-state index in [2.05, 4.69) is 17.1 Å². The molecule has 1 amide bonds. The smallest absolute Gasteiger partial charge is 0.264 e. The Morgan fingerprint density at radius 2 is 1.83 bits per heavy atom. The molecular formula is C21H21F2N3O3. The minimum atomic E-state index is -0.896. The molecule has 0 radical (unpaired) electrons. The maximum atomic E-state index is 13.8. The highest BCUT2D eigenvalue weighted by Crippen LogP contribution is 2.15. The summed E-state index contributed by atoms with van der Waals surface area (Å²) in [7, 11) is 1.46. The molecule has 3 aromatic rings. The van der Waals surface area contributed by atoms with Crippen molar-refractivity contribution in [2.45, 2.75) is 26.4 Å². The molecule has 0 bridgehead atoms. The van der Waals surface area contributed by atoms with Gasteiger partial charge in [0, 0.05) is 20.0 Å². The number of hydrogen-bond acceptors (Lipinski definition) is 5. The molecule has 0 N–H and O–H groups in total. The van der Waals surface area contributed by atoms with Gasteiger partial charge in [0.25, 0.3) is 11.8 Å². The summed E-state index contributed by atoms with van der Waals surface area (Å²) in [6, 6.07) is 11.0. The van der Waals surface area contributed by atoms with Crippen molar-refractivity contribution in [1.82, 2.24) is 15.0 Å². The zero-order chi connectivity index (χ0) is 20.8. The summed E-state index contributed by atoms with van der Waals surface area (Å²) in [6.45, 7) is 2.37. The first kappa shape index (κ1) is 20.4. The number of likely N-dealkylation sites (N-methyl/N-ethyl adjacent to an activating group) is 1. The van der Waals surface area contributed by atoms with E-state index in [1.165, 1.54) is 23.6 Å². The lowest BCUT2D eigenvalue weighted by Gasteiger charge is -2.16. The van der Waals surface area contributed by atoms with E-state index in [0.717, 1.165) is 18.6 Å². The number of halogens is 2. The van der Waals surface area contributed by atoms with E-state index in [-0.39, 0.29) is 19.6 Å². The lowest BCUT2D eigenvalue weighted by molar-refractivity contribution is 0.0786. The van der Waals surface area contributed by atoms with Gasteiger partial charge < -0.3 is 14.2 Å². The molecule has 0 unspecified atom stereocenters. The standard InChI is InChI=1S/C21H21F2N3O3/c1-3-14-7-9-15(10-8-14)28-13-19-24-18(25-29-19)11-12-26(2)21(27)20-16(22)5-4-6-17(20)23/h4-10H,3,11-13H2,1-2H3. The molecular weight excluding hydrogens is 380 g/mol. The Morgan fingerprint density at radius 1 is 1.14 bits per heavy atom. The van der Waals surface area contributed by atoms with E-state index in [1.54, 1.807) is 0 Å². The molecule has 29 heavy (non-hydrogen) atoms. The van der Waals surface area contributed by atoms with Gasteiger partial charge in [-0.2, -0.15) is 4.98 Å². The van der Waals surface area contributed by atoms with E-state index in [4.69, 9.17) is 9.26 Å². The van der Waals surface area contributed by atoms with Gasteiger partial charge in [0.2, 0.25) is 0 Å². The van der Waals surface area contributed by atoms with Gasteiger partial charge in [-0.05, 0) is 36.2 Å². The predicted molar refractivity (Wildman–Crippen MR) is 101 cm³/mol. The number of nitrogens with zero attached hydrogens (tertiary/aromatic N) is 3. The highest BCUT2D eigenvalue weighted by Gasteiger charge is 2.21. The Labute approximate surface area is 167 Å². The average molecular weight is 401 g/mol. The SMILES string of the molecule is CCc1ccc(OCc2nc(CCN(C)C(=O)c3c(F)cccc3F)no2)cc1. The number of amides is 1. The van der Waals surface area contributed by atoms with Crippen LogP contribution in [-0.4, -0.2) is 34.5 Å². The van der Waals surface area contributed by atoms with Crippen molar-refractivity contribution in [3.05, 3.63) is 76.9 Å². The van der Waals surface area contributed by atoms with Crippen LogP contribution in [0.15, 0.2) is 47.0 Å². The van der Waals surface area contributed by atoms with Gasteiger partial charge in [0.1, 0.15) is 22.9 Å². The van der Waals surface area contributed by atoms with Crippen LogP contribution in [0.4, 0.5) is 8.78 Å². The summed E-state index contributed by atoms with van der Waals surface area (Å²) in [5.41, 5.74) is 0.637. The Morgan fingerprint density at radius 3 is 2.48 bits per heavy atom. The van der Waals surface area contributed by atoms with Crippen LogP contribution in [0.25, 0.3) is 0 Å². The summed E-state index contributed by atoms with van der Waals surface area (Å²) in [4.78, 5) is 17.7.